The molecule has 150 heavy (non-hydrogen) atoms. The number of aromatic nitrogens is 14. The number of benzene rings is 21. The quantitative estimate of drug-likeness (QED) is 0.113. The molecule has 0 radical (unpaired) electrons. The van der Waals surface area contributed by atoms with E-state index in [1.54, 1.807) is 0 Å². The molecular formula is C134H78N14O2. The van der Waals surface area contributed by atoms with E-state index < -0.39 is 0 Å². The molecule has 12 aromatic heterocycles. The molecule has 0 bridgehead atoms. The molecule has 0 aliphatic rings. The van der Waals surface area contributed by atoms with E-state index >= 15 is 0 Å². The first-order chi connectivity index (χ1) is 74.4. The van der Waals surface area contributed by atoms with Gasteiger partial charge in [0.25, 0.3) is 0 Å². The molecule has 0 saturated heterocycles. The molecule has 696 valence electrons. The average Bonchev–Trinajstić information content (AvgIpc) is 1.51. The average molecular weight is 1920 g/mol. The van der Waals surface area contributed by atoms with Crippen LogP contribution in [0.5, 0.6) is 0 Å². The standard InChI is InChI=1S/C50H30N4.C44H25N5O.C40H23N5O/c1-4-16-31(17-5-1)43-38-28-29-42-45-44-39(36-24-13-15-27-41(36)53(49(38)45)47(43)33-20-8-3-9-21-33)30-34-22-10-11-23-35(34)48(44)54(42)50-51-40-26-14-12-25-37(40)46(52-50)32-18-6-2-7-19-32;1-2-10-27(11-3-1)41-46-42(48-43(47-41)31-22-17-26-9-4-5-12-30(26)25-31)28-18-20-29(21-19-28)44-45-34-23-24-37-39-38-33(14-8-16-36(38)50-37)32-13-6-7-15-35(32)49(44)40(34)39;1-3-11-24(12-4-1)37-42-38(25-13-5-2-6-14-25)44-39(43-37)26-15-9-16-27(23-26)40-41-30-21-22-33-35-34-29(18-10-20-32(34)46-33)28-17-7-8-19-31(28)45(40)36(30)35/h1-30H;1-25H;1-23H. The Bertz CT molecular complexity index is 11200. The Hall–Kier alpha value is -20.6. The zero-order chi connectivity index (χ0) is 98.3. The van der Waals surface area contributed by atoms with Crippen molar-refractivity contribution < 1.29 is 8.83 Å². The minimum atomic E-state index is 0.605. The lowest BCUT2D eigenvalue weighted by Crippen LogP contribution is -2.04. The van der Waals surface area contributed by atoms with Gasteiger partial charge in [-0.3, -0.25) is 13.4 Å². The Labute approximate surface area is 854 Å². The van der Waals surface area contributed by atoms with Crippen LogP contribution < -0.4 is 0 Å². The van der Waals surface area contributed by atoms with Gasteiger partial charge < -0.3 is 13.2 Å². The molecule has 33 aromatic rings. The summed E-state index contributed by atoms with van der Waals surface area (Å²) in [7, 11) is 0. The number of furan rings is 2. The van der Waals surface area contributed by atoms with Gasteiger partial charge in [-0.1, -0.05) is 388 Å². The van der Waals surface area contributed by atoms with E-state index in [-0.39, 0.29) is 0 Å². The number of rotatable bonds is 12. The molecule has 0 aliphatic heterocycles. The Kier molecular flexibility index (Phi) is 18.7. The molecule has 16 heteroatoms. The van der Waals surface area contributed by atoms with Crippen LogP contribution in [0.1, 0.15) is 0 Å². The minimum absolute atomic E-state index is 0.605. The van der Waals surface area contributed by atoms with Gasteiger partial charge in [0.1, 0.15) is 34.0 Å². The van der Waals surface area contributed by atoms with Gasteiger partial charge in [0.15, 0.2) is 34.9 Å². The van der Waals surface area contributed by atoms with E-state index in [1.165, 1.54) is 81.9 Å². The normalized spacial score (nSPS) is 12.0. The van der Waals surface area contributed by atoms with Crippen molar-refractivity contribution in [3.63, 3.8) is 0 Å². The summed E-state index contributed by atoms with van der Waals surface area (Å²) < 4.78 is 22.2. The summed E-state index contributed by atoms with van der Waals surface area (Å²) in [6, 6.07) is 165. The molecule has 0 atom stereocenters. The highest BCUT2D eigenvalue weighted by Crippen LogP contribution is 2.53. The van der Waals surface area contributed by atoms with Crippen LogP contribution in [0.3, 0.4) is 0 Å². The predicted molar refractivity (Wildman–Crippen MR) is 610 cm³/mol. The molecule has 21 aromatic carbocycles. The van der Waals surface area contributed by atoms with Crippen LogP contribution in [-0.4, -0.2) is 67.6 Å². The van der Waals surface area contributed by atoms with Gasteiger partial charge in [-0.2, -0.15) is 0 Å². The molecule has 0 saturated carbocycles. The number of nitrogens with zero attached hydrogens (tertiary/aromatic N) is 14. The molecule has 12 heterocycles. The maximum Gasteiger partial charge on any atom is 0.235 e. The number of hydrogen-bond acceptors (Lipinski definition) is 12. The third-order valence-corrected chi connectivity index (χ3v) is 29.8. The molecule has 0 unspecified atom stereocenters. The summed E-state index contributed by atoms with van der Waals surface area (Å²) in [6.45, 7) is 0. The first kappa shape index (κ1) is 83.9. The monoisotopic (exact) mass is 1910 g/mol. The second-order valence-electron chi connectivity index (χ2n) is 38.3. The first-order valence-corrected chi connectivity index (χ1v) is 50.3. The lowest BCUT2D eigenvalue weighted by molar-refractivity contribution is 0.669. The SMILES string of the molecule is c1ccc(-c2nc(-c3ccc(-c4nc5ccc6oc7cccc8c9ccccc9n4c5c6c78)cc3)nc(-c3ccc4ccccc4c3)n2)cc1.c1ccc(-c2nc(-c3ccccc3)nc(-c3cccc(-c4nc5ccc6oc7cccc8c9ccccc9n4c5c6c78)c3)n2)cc1.c1ccc(-c2nc(-n3c4ccc5c(-c6ccccc6)c(-c6ccccc6)n6c7ccccc7c7cc8ccccc8c3c7c4c56)nc3ccccc23)cc1. The first-order valence-electron chi connectivity index (χ1n) is 50.3. The largest absolute Gasteiger partial charge is 0.456 e. The van der Waals surface area contributed by atoms with Gasteiger partial charge in [-0.05, 0) is 128 Å². The zero-order valence-corrected chi connectivity index (χ0v) is 80.1. The number of para-hydroxylation sites is 4. The summed E-state index contributed by atoms with van der Waals surface area (Å²) in [6.07, 6.45) is 0. The van der Waals surface area contributed by atoms with Crippen molar-refractivity contribution in [3.05, 3.63) is 473 Å². The van der Waals surface area contributed by atoms with Gasteiger partial charge in [-0.25, -0.2) is 49.8 Å². The Morgan fingerprint density at radius 1 is 0.173 bits per heavy atom. The third-order valence-electron chi connectivity index (χ3n) is 29.8. The minimum Gasteiger partial charge on any atom is -0.456 e. The summed E-state index contributed by atoms with van der Waals surface area (Å²) in [5.41, 5.74) is 29.3. The molecule has 0 aliphatic carbocycles. The second-order valence-corrected chi connectivity index (χ2v) is 38.3. The molecule has 0 amide bonds. The van der Waals surface area contributed by atoms with Crippen LogP contribution >= 0.6 is 0 Å². The molecule has 0 N–H and O–H groups in total. The van der Waals surface area contributed by atoms with E-state index in [0.29, 0.717) is 40.9 Å². The van der Waals surface area contributed by atoms with Crippen molar-refractivity contribution in [1.82, 2.24) is 67.6 Å². The fourth-order valence-corrected chi connectivity index (χ4v) is 23.3. The zero-order valence-electron chi connectivity index (χ0n) is 80.1. The number of fused-ring (bicyclic) bond motifs is 13. The van der Waals surface area contributed by atoms with Crippen LogP contribution in [0.2, 0.25) is 0 Å². The topological polar surface area (TPSA) is 173 Å². The van der Waals surface area contributed by atoms with E-state index in [1.807, 2.05) is 109 Å². The van der Waals surface area contributed by atoms with Gasteiger partial charge in [-0.15, -0.1) is 0 Å². The molecule has 33 rings (SSSR count). The Morgan fingerprint density at radius 3 is 1.13 bits per heavy atom. The summed E-state index contributed by atoms with van der Waals surface area (Å²) >= 11 is 0. The van der Waals surface area contributed by atoms with Crippen LogP contribution in [0, 0.1) is 0 Å². The third kappa shape index (κ3) is 13.1. The summed E-state index contributed by atoms with van der Waals surface area (Å²) in [5, 5.41) is 20.8. The van der Waals surface area contributed by atoms with E-state index in [0.717, 1.165) is 188 Å². The van der Waals surface area contributed by atoms with E-state index in [2.05, 4.69) is 382 Å². The van der Waals surface area contributed by atoms with Crippen molar-refractivity contribution in [2.75, 3.05) is 0 Å². The summed E-state index contributed by atoms with van der Waals surface area (Å²) in [5.74, 6) is 6.12. The maximum atomic E-state index is 6.37. The molecule has 0 fully saturated rings. The van der Waals surface area contributed by atoms with Crippen LogP contribution in [0.15, 0.2) is 482 Å². The van der Waals surface area contributed by atoms with Gasteiger partial charge >= 0.3 is 0 Å². The molecule has 16 nitrogen and oxygen atoms in total. The summed E-state index contributed by atoms with van der Waals surface area (Å²) in [4.78, 5) is 51.1. The van der Waals surface area contributed by atoms with Crippen molar-refractivity contribution in [3.8, 4) is 131 Å². The number of imidazole rings is 2. The second kappa shape index (κ2) is 33.5. The van der Waals surface area contributed by atoms with Crippen molar-refractivity contribution in [1.29, 1.82) is 0 Å². The Balaban J connectivity index is 0.000000102. The van der Waals surface area contributed by atoms with Crippen LogP contribution in [-0.2, 0) is 0 Å². The van der Waals surface area contributed by atoms with Gasteiger partial charge in [0.05, 0.1) is 82.8 Å². The highest BCUT2D eigenvalue weighted by Gasteiger charge is 2.32. The van der Waals surface area contributed by atoms with Crippen LogP contribution in [0.25, 0.3) is 311 Å². The predicted octanol–water partition coefficient (Wildman–Crippen LogP) is 33.7. The van der Waals surface area contributed by atoms with Crippen molar-refractivity contribution in [2.24, 2.45) is 0 Å². The smallest absolute Gasteiger partial charge is 0.235 e. The van der Waals surface area contributed by atoms with Crippen LogP contribution in [0.4, 0.5) is 0 Å². The van der Waals surface area contributed by atoms with E-state index in [9.17, 15) is 0 Å². The van der Waals surface area contributed by atoms with Crippen molar-refractivity contribution in [2.45, 2.75) is 0 Å². The fourth-order valence-electron chi connectivity index (χ4n) is 23.3. The van der Waals surface area contributed by atoms with E-state index in [4.69, 9.17) is 58.7 Å². The van der Waals surface area contributed by atoms with Crippen molar-refractivity contribution >= 4 is 180 Å². The molecular weight excluding hydrogens is 1840 g/mol. The highest BCUT2D eigenvalue weighted by atomic mass is 16.3. The fraction of sp³-hybridized carbons (Fsp3) is 0. The lowest BCUT2D eigenvalue weighted by Gasteiger charge is -2.13. The van der Waals surface area contributed by atoms with Gasteiger partial charge in [0.2, 0.25) is 5.95 Å². The number of hydrogen-bond donors (Lipinski definition) is 0. The van der Waals surface area contributed by atoms with Gasteiger partial charge in [0, 0.05) is 109 Å². The lowest BCUT2D eigenvalue weighted by atomic mass is 9.96. The maximum absolute atomic E-state index is 6.37. The Morgan fingerprint density at radius 2 is 0.573 bits per heavy atom. The molecule has 0 spiro atoms. The highest BCUT2D eigenvalue weighted by molar-refractivity contribution is 6.37.